The van der Waals surface area contributed by atoms with Gasteiger partial charge in [0.15, 0.2) is 6.10 Å². The van der Waals surface area contributed by atoms with Crippen molar-refractivity contribution < 1.29 is 24.2 Å². The van der Waals surface area contributed by atoms with Crippen molar-refractivity contribution in [2.45, 2.75) is 38.9 Å². The van der Waals surface area contributed by atoms with Crippen LogP contribution in [0.1, 0.15) is 25.0 Å². The normalized spacial score (nSPS) is 11.9. The molecule has 2 aromatic rings. The summed E-state index contributed by atoms with van der Waals surface area (Å²) in [7, 11) is 0. The number of amides is 1. The molecule has 0 saturated carbocycles. The zero-order valence-corrected chi connectivity index (χ0v) is 16.6. The quantitative estimate of drug-likeness (QED) is 0.639. The lowest BCUT2D eigenvalue weighted by atomic mass is 10.0. The average Bonchev–Trinajstić information content (AvgIpc) is 2.63. The number of halogens is 1. The highest BCUT2D eigenvalue weighted by Crippen LogP contribution is 2.14. The second kappa shape index (κ2) is 10.7. The molecule has 2 aromatic carbocycles. The highest BCUT2D eigenvalue weighted by Gasteiger charge is 2.20. The Bertz CT molecular complexity index is 792. The second-order valence-electron chi connectivity index (χ2n) is 6.55. The number of rotatable bonds is 9. The first-order chi connectivity index (χ1) is 13.3. The summed E-state index contributed by atoms with van der Waals surface area (Å²) in [6.45, 7) is 3.81. The van der Waals surface area contributed by atoms with Crippen molar-refractivity contribution >= 4 is 29.4 Å². The number of ether oxygens (including phenoxy) is 2. The third-order valence-electron chi connectivity index (χ3n) is 3.84. The van der Waals surface area contributed by atoms with E-state index in [1.165, 1.54) is 0 Å². The first kappa shape index (κ1) is 21.7. The molecule has 0 spiro atoms. The number of anilines is 1. The van der Waals surface area contributed by atoms with E-state index >= 15 is 0 Å². The van der Waals surface area contributed by atoms with Crippen molar-refractivity contribution in [3.63, 3.8) is 0 Å². The number of carbonyl (C=O) groups is 2. The fraction of sp³-hybridized carbons (Fsp3) is 0.333. The Labute approximate surface area is 169 Å². The number of hydrogen-bond acceptors (Lipinski definition) is 4. The first-order valence-electron chi connectivity index (χ1n) is 8.99. The molecule has 0 saturated heterocycles. The van der Waals surface area contributed by atoms with Gasteiger partial charge in [0.25, 0.3) is 0 Å². The van der Waals surface area contributed by atoms with Gasteiger partial charge in [-0.1, -0.05) is 35.9 Å². The molecule has 0 bridgehead atoms. The van der Waals surface area contributed by atoms with Crippen molar-refractivity contribution in [3.8, 4) is 0 Å². The number of carboxylic acids is 1. The molecule has 0 aromatic heterocycles. The molecule has 0 aliphatic heterocycles. The van der Waals surface area contributed by atoms with Gasteiger partial charge < -0.3 is 14.6 Å². The van der Waals surface area contributed by atoms with E-state index in [0.29, 0.717) is 17.1 Å². The second-order valence-corrected chi connectivity index (χ2v) is 6.99. The Morgan fingerprint density at radius 2 is 1.79 bits per heavy atom. The topological polar surface area (TPSA) is 84.9 Å². The number of carboxylic acid groups (broad SMARTS) is 1. The number of benzene rings is 2. The molecule has 2 rings (SSSR count). The molecule has 6 nitrogen and oxygen atoms in total. The average molecular weight is 406 g/mol. The summed E-state index contributed by atoms with van der Waals surface area (Å²) in [4.78, 5) is 23.2. The molecule has 2 N–H and O–H groups in total. The minimum atomic E-state index is -0.985. The van der Waals surface area contributed by atoms with E-state index in [9.17, 15) is 14.7 Å². The Kier molecular flexibility index (Phi) is 8.29. The van der Waals surface area contributed by atoms with Gasteiger partial charge in [-0.05, 0) is 49.2 Å². The largest absolute Gasteiger partial charge is 0.479 e. The van der Waals surface area contributed by atoms with Gasteiger partial charge in [0.05, 0.1) is 12.7 Å². The smallest absolute Gasteiger partial charge is 0.411 e. The van der Waals surface area contributed by atoms with Crippen LogP contribution in [0.2, 0.25) is 5.02 Å². The molecular formula is C21H24ClNO5. The van der Waals surface area contributed by atoms with Crippen molar-refractivity contribution in [1.82, 2.24) is 0 Å². The van der Waals surface area contributed by atoms with E-state index in [2.05, 4.69) is 5.32 Å². The molecule has 1 atom stereocenters. The van der Waals surface area contributed by atoms with Crippen molar-refractivity contribution in [2.75, 3.05) is 11.9 Å². The van der Waals surface area contributed by atoms with Crippen LogP contribution in [0.25, 0.3) is 0 Å². The standard InChI is InChI=1S/C21H24ClNO5/c1-14(2)28-19(20(24)25)13-16-5-3-4-15(12-16)10-11-27-21(26)23-18-8-6-17(22)7-9-18/h3-9,12,14,19H,10-11,13H2,1-2H3,(H,23,26)(H,24,25). The van der Waals surface area contributed by atoms with Gasteiger partial charge in [-0.2, -0.15) is 0 Å². The van der Waals surface area contributed by atoms with Gasteiger partial charge in [-0.3, -0.25) is 5.32 Å². The summed E-state index contributed by atoms with van der Waals surface area (Å²) in [5.41, 5.74) is 2.41. The number of aliphatic carboxylic acids is 1. The molecular weight excluding hydrogens is 382 g/mol. The Balaban J connectivity index is 1.84. The van der Waals surface area contributed by atoms with E-state index < -0.39 is 18.2 Å². The van der Waals surface area contributed by atoms with Crippen molar-refractivity contribution in [3.05, 3.63) is 64.7 Å². The van der Waals surface area contributed by atoms with E-state index in [1.54, 1.807) is 38.1 Å². The van der Waals surface area contributed by atoms with Crippen LogP contribution in [0.3, 0.4) is 0 Å². The van der Waals surface area contributed by atoms with Crippen LogP contribution in [0.15, 0.2) is 48.5 Å². The van der Waals surface area contributed by atoms with E-state index in [4.69, 9.17) is 21.1 Å². The Hall–Kier alpha value is -2.57. The van der Waals surface area contributed by atoms with Crippen LogP contribution < -0.4 is 5.32 Å². The van der Waals surface area contributed by atoms with E-state index in [1.807, 2.05) is 24.3 Å². The fourth-order valence-electron chi connectivity index (χ4n) is 2.60. The molecule has 0 fully saturated rings. The monoisotopic (exact) mass is 405 g/mol. The van der Waals surface area contributed by atoms with Gasteiger partial charge in [0.1, 0.15) is 0 Å². The van der Waals surface area contributed by atoms with Crippen LogP contribution in [0, 0.1) is 0 Å². The summed E-state index contributed by atoms with van der Waals surface area (Å²) >= 11 is 5.80. The molecule has 0 aliphatic rings. The molecule has 1 unspecified atom stereocenters. The maximum atomic E-state index is 11.8. The maximum absolute atomic E-state index is 11.8. The number of nitrogens with one attached hydrogen (secondary N) is 1. The summed E-state index contributed by atoms with van der Waals surface area (Å²) < 4.78 is 10.6. The summed E-state index contributed by atoms with van der Waals surface area (Å²) in [5.74, 6) is -0.985. The highest BCUT2D eigenvalue weighted by molar-refractivity contribution is 6.30. The SMILES string of the molecule is CC(C)OC(Cc1cccc(CCOC(=O)Nc2ccc(Cl)cc2)c1)C(=O)O. The van der Waals surface area contributed by atoms with Crippen molar-refractivity contribution in [2.24, 2.45) is 0 Å². The summed E-state index contributed by atoms with van der Waals surface area (Å²) in [6.07, 6.45) is -0.813. The molecule has 1 amide bonds. The minimum absolute atomic E-state index is 0.170. The maximum Gasteiger partial charge on any atom is 0.411 e. The lowest BCUT2D eigenvalue weighted by Crippen LogP contribution is -2.29. The van der Waals surface area contributed by atoms with Gasteiger partial charge in [-0.15, -0.1) is 0 Å². The molecule has 0 radical (unpaired) electrons. The van der Waals surface area contributed by atoms with E-state index in [0.717, 1.165) is 11.1 Å². The first-order valence-corrected chi connectivity index (χ1v) is 9.36. The van der Waals surface area contributed by atoms with Gasteiger partial charge >= 0.3 is 12.1 Å². The number of hydrogen-bond donors (Lipinski definition) is 2. The minimum Gasteiger partial charge on any atom is -0.479 e. The van der Waals surface area contributed by atoms with Crippen LogP contribution in [0.4, 0.5) is 10.5 Å². The van der Waals surface area contributed by atoms with Crippen molar-refractivity contribution in [1.29, 1.82) is 0 Å². The molecule has 0 heterocycles. The van der Waals surface area contributed by atoms with E-state index in [-0.39, 0.29) is 19.1 Å². The molecule has 0 aliphatic carbocycles. The molecule has 150 valence electrons. The van der Waals surface area contributed by atoms with Crippen LogP contribution in [0.5, 0.6) is 0 Å². The lowest BCUT2D eigenvalue weighted by molar-refractivity contribution is -0.153. The Morgan fingerprint density at radius 1 is 1.11 bits per heavy atom. The van der Waals surface area contributed by atoms with Crippen LogP contribution in [-0.2, 0) is 27.1 Å². The van der Waals surface area contributed by atoms with Gasteiger partial charge in [-0.25, -0.2) is 9.59 Å². The zero-order chi connectivity index (χ0) is 20.5. The Morgan fingerprint density at radius 3 is 2.43 bits per heavy atom. The van der Waals surface area contributed by atoms with Gasteiger partial charge in [0.2, 0.25) is 0 Å². The third kappa shape index (κ3) is 7.58. The lowest BCUT2D eigenvalue weighted by Gasteiger charge is -2.17. The summed E-state index contributed by atoms with van der Waals surface area (Å²) in [5, 5.41) is 12.5. The van der Waals surface area contributed by atoms with Crippen LogP contribution in [-0.4, -0.2) is 36.0 Å². The number of carbonyl (C=O) groups excluding carboxylic acids is 1. The highest BCUT2D eigenvalue weighted by atomic mass is 35.5. The zero-order valence-electron chi connectivity index (χ0n) is 15.9. The fourth-order valence-corrected chi connectivity index (χ4v) is 2.72. The summed E-state index contributed by atoms with van der Waals surface area (Å²) in [6, 6.07) is 14.2. The van der Waals surface area contributed by atoms with Crippen LogP contribution >= 0.6 is 11.6 Å². The molecule has 7 heteroatoms. The van der Waals surface area contributed by atoms with Gasteiger partial charge in [0, 0.05) is 23.6 Å². The molecule has 28 heavy (non-hydrogen) atoms. The predicted octanol–water partition coefficient (Wildman–Crippen LogP) is 4.55. The predicted molar refractivity (Wildman–Crippen MR) is 108 cm³/mol. The third-order valence-corrected chi connectivity index (χ3v) is 4.09.